The molecular weight excluding hydrogens is 540 g/mol. The second kappa shape index (κ2) is 13.4. The van der Waals surface area contributed by atoms with E-state index in [-0.39, 0.29) is 18.0 Å². The highest BCUT2D eigenvalue weighted by Crippen LogP contribution is 2.23. The number of hydrogen-bond donors (Lipinski definition) is 1. The Labute approximate surface area is 252 Å². The molecule has 2 aliphatic heterocycles. The highest BCUT2D eigenvalue weighted by Gasteiger charge is 2.30. The Bertz CT molecular complexity index is 1540. The molecule has 1 atom stereocenters. The second-order valence-corrected chi connectivity index (χ2v) is 11.6. The average Bonchev–Trinajstić information content (AvgIpc) is 3.43. The maximum absolute atomic E-state index is 12.6. The molecule has 2 aliphatic rings. The van der Waals surface area contributed by atoms with Crippen LogP contribution >= 0.6 is 0 Å². The molecule has 10 heteroatoms. The largest absolute Gasteiger partial charge is 0.461 e. The number of carbonyl (C=O) groups is 1. The first kappa shape index (κ1) is 28.8. The van der Waals surface area contributed by atoms with E-state index < -0.39 is 0 Å². The Morgan fingerprint density at radius 1 is 0.884 bits per heavy atom. The fourth-order valence-corrected chi connectivity index (χ4v) is 5.69. The molecule has 10 nitrogen and oxygen atoms in total. The summed E-state index contributed by atoms with van der Waals surface area (Å²) in [6.45, 7) is 6.51. The van der Waals surface area contributed by atoms with Crippen LogP contribution in [0.3, 0.4) is 0 Å². The van der Waals surface area contributed by atoms with Gasteiger partial charge in [-0.25, -0.2) is 24.9 Å². The lowest BCUT2D eigenvalue weighted by Crippen LogP contribution is -2.37. The van der Waals surface area contributed by atoms with Crippen LogP contribution in [0.2, 0.25) is 0 Å². The van der Waals surface area contributed by atoms with E-state index in [4.69, 9.17) is 9.72 Å². The third-order valence-electron chi connectivity index (χ3n) is 8.08. The number of nitrogens with one attached hydrogen (secondary N) is 1. The van der Waals surface area contributed by atoms with Gasteiger partial charge < -0.3 is 15.0 Å². The summed E-state index contributed by atoms with van der Waals surface area (Å²) in [7, 11) is 2.07. The van der Waals surface area contributed by atoms with Crippen LogP contribution in [0, 0.1) is 12.8 Å². The zero-order chi connectivity index (χ0) is 29.6. The van der Waals surface area contributed by atoms with Gasteiger partial charge in [-0.1, -0.05) is 30.3 Å². The van der Waals surface area contributed by atoms with E-state index in [1.54, 1.807) is 12.4 Å². The van der Waals surface area contributed by atoms with Crippen LogP contribution in [0.25, 0.3) is 11.5 Å². The Balaban J connectivity index is 0.994. The molecule has 5 heterocycles. The van der Waals surface area contributed by atoms with E-state index in [2.05, 4.69) is 66.4 Å². The number of piperidine rings is 1. The Kier molecular flexibility index (Phi) is 8.95. The second-order valence-electron chi connectivity index (χ2n) is 11.6. The van der Waals surface area contributed by atoms with Gasteiger partial charge in [-0.15, -0.1) is 0 Å². The number of ether oxygens (including phenoxy) is 1. The van der Waals surface area contributed by atoms with Crippen molar-refractivity contribution >= 4 is 17.6 Å². The number of esters is 1. The molecule has 2 saturated heterocycles. The topological polar surface area (TPSA) is 109 Å². The summed E-state index contributed by atoms with van der Waals surface area (Å²) >= 11 is 0. The van der Waals surface area contributed by atoms with Crippen LogP contribution in [-0.2, 0) is 22.5 Å². The van der Waals surface area contributed by atoms with E-state index in [0.717, 1.165) is 74.8 Å². The molecule has 1 N–H and O–H groups in total. The van der Waals surface area contributed by atoms with Crippen molar-refractivity contribution in [3.05, 3.63) is 89.6 Å². The fourth-order valence-electron chi connectivity index (χ4n) is 5.69. The first-order valence-electron chi connectivity index (χ1n) is 15.0. The molecule has 0 aliphatic carbocycles. The number of likely N-dealkylation sites (tertiary alicyclic amines) is 2. The van der Waals surface area contributed by atoms with Gasteiger partial charge in [0.1, 0.15) is 29.3 Å². The van der Waals surface area contributed by atoms with Crippen LogP contribution in [0.15, 0.2) is 67.0 Å². The summed E-state index contributed by atoms with van der Waals surface area (Å²) in [4.78, 5) is 40.0. The van der Waals surface area contributed by atoms with E-state index in [9.17, 15) is 4.79 Å². The average molecular weight is 579 g/mol. The van der Waals surface area contributed by atoms with Crippen LogP contribution in [0.4, 0.5) is 11.6 Å². The molecule has 0 radical (unpaired) electrons. The lowest BCUT2D eigenvalue weighted by atomic mass is 9.96. The van der Waals surface area contributed by atoms with E-state index in [1.807, 2.05) is 37.3 Å². The molecular formula is C33H38N8O2. The van der Waals surface area contributed by atoms with Crippen molar-refractivity contribution in [1.29, 1.82) is 0 Å². The maximum atomic E-state index is 12.6. The minimum Gasteiger partial charge on any atom is -0.461 e. The maximum Gasteiger partial charge on any atom is 0.309 e. The molecule has 0 spiro atoms. The van der Waals surface area contributed by atoms with E-state index >= 15 is 0 Å². The quantitative estimate of drug-likeness (QED) is 0.287. The summed E-state index contributed by atoms with van der Waals surface area (Å²) in [5.74, 6) is 2.62. The molecule has 43 heavy (non-hydrogen) atoms. The summed E-state index contributed by atoms with van der Waals surface area (Å²) in [5.41, 5.74) is 4.06. The molecule has 4 aromatic rings. The van der Waals surface area contributed by atoms with Crippen molar-refractivity contribution in [3.63, 3.8) is 0 Å². The minimum absolute atomic E-state index is 0.00728. The molecule has 1 unspecified atom stereocenters. The van der Waals surface area contributed by atoms with Gasteiger partial charge in [-0.3, -0.25) is 9.69 Å². The Hall–Kier alpha value is -4.28. The lowest BCUT2D eigenvalue weighted by molar-refractivity contribution is -0.155. The van der Waals surface area contributed by atoms with Crippen LogP contribution < -0.4 is 5.32 Å². The Morgan fingerprint density at radius 2 is 1.63 bits per heavy atom. The van der Waals surface area contributed by atoms with Gasteiger partial charge >= 0.3 is 5.97 Å². The highest BCUT2D eigenvalue weighted by molar-refractivity contribution is 5.72. The van der Waals surface area contributed by atoms with Crippen molar-refractivity contribution in [1.82, 2.24) is 34.7 Å². The smallest absolute Gasteiger partial charge is 0.309 e. The highest BCUT2D eigenvalue weighted by atomic mass is 16.5. The van der Waals surface area contributed by atoms with Gasteiger partial charge in [-0.05, 0) is 81.7 Å². The number of hydrogen-bond acceptors (Lipinski definition) is 10. The molecule has 222 valence electrons. The molecule has 0 saturated carbocycles. The minimum atomic E-state index is -0.00728. The van der Waals surface area contributed by atoms with Crippen molar-refractivity contribution in [2.24, 2.45) is 5.92 Å². The number of rotatable bonds is 9. The number of benzene rings is 1. The number of nitrogens with zero attached hydrogens (tertiary/aromatic N) is 7. The predicted octanol–water partition coefficient (Wildman–Crippen LogP) is 4.43. The zero-order valence-electron chi connectivity index (χ0n) is 24.8. The normalized spacial score (nSPS) is 18.0. The summed E-state index contributed by atoms with van der Waals surface area (Å²) in [6.07, 6.45) is 6.83. The summed E-state index contributed by atoms with van der Waals surface area (Å²) in [6, 6.07) is 18.1. The molecule has 2 fully saturated rings. The number of carbonyl (C=O) groups excluding carboxylic acids is 1. The van der Waals surface area contributed by atoms with E-state index in [0.29, 0.717) is 23.9 Å². The first-order chi connectivity index (χ1) is 21.0. The zero-order valence-corrected chi connectivity index (χ0v) is 24.8. The third-order valence-corrected chi connectivity index (χ3v) is 8.08. The fraction of sp³-hybridized carbons (Fsp3) is 0.394. The van der Waals surface area contributed by atoms with Gasteiger partial charge in [0.05, 0.1) is 5.92 Å². The first-order valence-corrected chi connectivity index (χ1v) is 15.0. The molecule has 3 aromatic heterocycles. The molecule has 0 amide bonds. The Morgan fingerprint density at radius 3 is 2.37 bits per heavy atom. The molecule has 0 bridgehead atoms. The summed E-state index contributed by atoms with van der Waals surface area (Å²) in [5, 5.41) is 3.27. The summed E-state index contributed by atoms with van der Waals surface area (Å²) < 4.78 is 5.78. The number of pyridine rings is 1. The monoisotopic (exact) mass is 578 g/mol. The van der Waals surface area contributed by atoms with Crippen molar-refractivity contribution in [3.8, 4) is 11.5 Å². The lowest BCUT2D eigenvalue weighted by Gasteiger charge is -2.31. The number of aromatic nitrogens is 5. The predicted molar refractivity (Wildman–Crippen MR) is 165 cm³/mol. The molecule has 6 rings (SSSR count). The number of likely N-dealkylation sites (N-methyl/N-ethyl adjacent to an activating group) is 1. The standard InChI is InChI=1S/C33H38N8O2/c1-23-4-3-5-28(36-23)32-35-16-11-30(39-32)37-29-10-15-34-31(38-29)20-24-6-8-25(9-7-24)21-41-18-12-26(13-19-41)33(42)43-27-14-17-40(2)22-27/h3-11,15-16,26-27H,12-14,17-22H2,1-2H3,(H,34,35,37,38,39). The van der Waals surface area contributed by atoms with Gasteiger partial charge in [-0.2, -0.15) is 0 Å². The molecule has 1 aromatic carbocycles. The SMILES string of the molecule is Cc1cccc(-c2nccc(Nc3ccnc(Cc4ccc(CN5CCC(C(=O)OC6CCN(C)C6)CC5)cc4)n3)n2)n1. The van der Waals surface area contributed by atoms with Crippen LogP contribution in [-0.4, -0.2) is 80.0 Å². The van der Waals surface area contributed by atoms with Gasteiger partial charge in [0, 0.05) is 44.1 Å². The van der Waals surface area contributed by atoms with E-state index in [1.165, 1.54) is 5.56 Å². The number of aryl methyl sites for hydroxylation is 1. The van der Waals surface area contributed by atoms with Crippen molar-refractivity contribution < 1.29 is 9.53 Å². The van der Waals surface area contributed by atoms with Gasteiger partial charge in [0.15, 0.2) is 5.82 Å². The van der Waals surface area contributed by atoms with Crippen molar-refractivity contribution in [2.75, 3.05) is 38.5 Å². The third kappa shape index (κ3) is 7.77. The van der Waals surface area contributed by atoms with Crippen LogP contribution in [0.5, 0.6) is 0 Å². The van der Waals surface area contributed by atoms with Gasteiger partial charge in [0.25, 0.3) is 0 Å². The van der Waals surface area contributed by atoms with Crippen LogP contribution in [0.1, 0.15) is 41.9 Å². The van der Waals surface area contributed by atoms with Crippen molar-refractivity contribution in [2.45, 2.75) is 45.3 Å². The van der Waals surface area contributed by atoms with Gasteiger partial charge in [0.2, 0.25) is 0 Å². The number of anilines is 2.